The van der Waals surface area contributed by atoms with Gasteiger partial charge in [-0.2, -0.15) is 10.2 Å². The molecule has 30 heavy (non-hydrogen) atoms. The van der Waals surface area contributed by atoms with Crippen molar-refractivity contribution in [2.45, 2.75) is 30.3 Å². The fourth-order valence-corrected chi connectivity index (χ4v) is 4.35. The van der Waals surface area contributed by atoms with Crippen molar-refractivity contribution in [3.05, 3.63) is 48.5 Å². The van der Waals surface area contributed by atoms with Crippen molar-refractivity contribution in [1.82, 2.24) is 0 Å². The van der Waals surface area contributed by atoms with E-state index in [1.54, 1.807) is 12.1 Å². The fraction of sp³-hybridized carbons (Fsp3) is 0.381. The zero-order valence-corrected chi connectivity index (χ0v) is 17.6. The SMILES string of the molecule is COC(=O)CCS(=O)(=O)c1ccc(N=Nc2ccc(N3CCC(O)CC3)cc2)cc1. The Hall–Kier alpha value is -2.78. The van der Waals surface area contributed by atoms with Crippen LogP contribution in [0.1, 0.15) is 19.3 Å². The Morgan fingerprint density at radius 1 is 1.03 bits per heavy atom. The molecule has 0 bridgehead atoms. The van der Waals surface area contributed by atoms with Crippen molar-refractivity contribution in [3.63, 3.8) is 0 Å². The lowest BCUT2D eigenvalue weighted by molar-refractivity contribution is -0.140. The summed E-state index contributed by atoms with van der Waals surface area (Å²) in [6.45, 7) is 1.66. The average molecular weight is 432 g/mol. The zero-order valence-electron chi connectivity index (χ0n) is 16.8. The normalized spacial score (nSPS) is 15.5. The quantitative estimate of drug-likeness (QED) is 0.532. The van der Waals surface area contributed by atoms with Crippen LogP contribution in [0.25, 0.3) is 0 Å². The van der Waals surface area contributed by atoms with Gasteiger partial charge in [-0.3, -0.25) is 4.79 Å². The molecule has 1 aliphatic rings. The molecule has 0 aromatic heterocycles. The number of carbonyl (C=O) groups is 1. The van der Waals surface area contributed by atoms with E-state index in [0.29, 0.717) is 11.4 Å². The highest BCUT2D eigenvalue weighted by Crippen LogP contribution is 2.25. The minimum Gasteiger partial charge on any atom is -0.469 e. The summed E-state index contributed by atoms with van der Waals surface area (Å²) in [5.41, 5.74) is 2.30. The molecule has 0 atom stereocenters. The van der Waals surface area contributed by atoms with Crippen LogP contribution in [0, 0.1) is 0 Å². The Morgan fingerprint density at radius 3 is 2.10 bits per heavy atom. The summed E-state index contributed by atoms with van der Waals surface area (Å²) in [4.78, 5) is 13.5. The van der Waals surface area contributed by atoms with Crippen molar-refractivity contribution < 1.29 is 23.1 Å². The standard InChI is InChI=1S/C21H25N3O5S/c1-29-21(26)12-15-30(27,28)20-8-4-17(5-9-20)23-22-16-2-6-18(7-3-16)24-13-10-19(25)11-14-24/h2-9,19,25H,10-15H2,1H3. The van der Waals surface area contributed by atoms with E-state index in [1.165, 1.54) is 19.2 Å². The van der Waals surface area contributed by atoms with Gasteiger partial charge in [0.25, 0.3) is 0 Å². The number of carbonyl (C=O) groups excluding carboxylic acids is 1. The molecule has 1 saturated heterocycles. The molecule has 1 aliphatic heterocycles. The predicted molar refractivity (Wildman–Crippen MR) is 113 cm³/mol. The van der Waals surface area contributed by atoms with E-state index in [1.807, 2.05) is 24.3 Å². The lowest BCUT2D eigenvalue weighted by Crippen LogP contribution is -2.35. The number of sulfone groups is 1. The third-order valence-electron chi connectivity index (χ3n) is 4.96. The lowest BCUT2D eigenvalue weighted by atomic mass is 10.1. The topological polar surface area (TPSA) is 109 Å². The molecule has 2 aromatic rings. The molecule has 8 nitrogen and oxygen atoms in total. The Balaban J connectivity index is 1.60. The van der Waals surface area contributed by atoms with Gasteiger partial charge < -0.3 is 14.7 Å². The third kappa shape index (κ3) is 5.87. The molecule has 1 heterocycles. The summed E-state index contributed by atoms with van der Waals surface area (Å²) >= 11 is 0. The molecule has 0 unspecified atom stereocenters. The largest absolute Gasteiger partial charge is 0.469 e. The van der Waals surface area contributed by atoms with E-state index in [4.69, 9.17) is 0 Å². The number of nitrogens with zero attached hydrogens (tertiary/aromatic N) is 3. The van der Waals surface area contributed by atoms with Gasteiger partial charge in [0.15, 0.2) is 9.84 Å². The molecule has 0 saturated carbocycles. The second-order valence-corrected chi connectivity index (χ2v) is 9.18. The first kappa shape index (κ1) is 21.9. The Labute approximate surface area is 176 Å². The summed E-state index contributed by atoms with van der Waals surface area (Å²) in [5.74, 6) is -0.865. The van der Waals surface area contributed by atoms with Gasteiger partial charge in [-0.15, -0.1) is 0 Å². The smallest absolute Gasteiger partial charge is 0.306 e. The highest BCUT2D eigenvalue weighted by atomic mass is 32.2. The van der Waals surface area contributed by atoms with Crippen LogP contribution < -0.4 is 4.90 Å². The van der Waals surface area contributed by atoms with Crippen molar-refractivity contribution in [1.29, 1.82) is 0 Å². The van der Waals surface area contributed by atoms with Gasteiger partial charge in [0.05, 0.1) is 41.7 Å². The Morgan fingerprint density at radius 2 is 1.57 bits per heavy atom. The first-order chi connectivity index (χ1) is 14.4. The number of benzene rings is 2. The molecule has 9 heteroatoms. The van der Waals surface area contributed by atoms with Crippen molar-refractivity contribution in [2.24, 2.45) is 10.2 Å². The lowest BCUT2D eigenvalue weighted by Gasteiger charge is -2.31. The molecule has 1 N–H and O–H groups in total. The predicted octanol–water partition coefficient (Wildman–Crippen LogP) is 3.40. The molecule has 160 valence electrons. The second-order valence-electron chi connectivity index (χ2n) is 7.07. The minimum absolute atomic E-state index is 0.126. The van der Waals surface area contributed by atoms with Crippen molar-refractivity contribution in [3.8, 4) is 0 Å². The van der Waals surface area contributed by atoms with Gasteiger partial charge in [0.1, 0.15) is 0 Å². The van der Waals surface area contributed by atoms with E-state index in [-0.39, 0.29) is 23.2 Å². The second kappa shape index (κ2) is 9.82. The number of rotatable bonds is 7. The number of anilines is 1. The van der Waals surface area contributed by atoms with Crippen LogP contribution in [-0.4, -0.2) is 51.5 Å². The van der Waals surface area contributed by atoms with E-state index >= 15 is 0 Å². The van der Waals surface area contributed by atoms with E-state index in [2.05, 4.69) is 19.9 Å². The maximum absolute atomic E-state index is 12.2. The van der Waals surface area contributed by atoms with Crippen LogP contribution in [0.15, 0.2) is 63.7 Å². The number of aliphatic hydroxyl groups is 1. The number of hydrogen-bond donors (Lipinski definition) is 1. The van der Waals surface area contributed by atoms with Crippen LogP contribution in [0.5, 0.6) is 0 Å². The first-order valence-electron chi connectivity index (χ1n) is 9.72. The summed E-state index contributed by atoms with van der Waals surface area (Å²) < 4.78 is 29.0. The molecule has 0 spiro atoms. The number of piperidine rings is 1. The van der Waals surface area contributed by atoms with Crippen molar-refractivity contribution >= 4 is 32.9 Å². The number of hydrogen-bond acceptors (Lipinski definition) is 8. The average Bonchev–Trinajstić information content (AvgIpc) is 2.77. The van der Waals surface area contributed by atoms with Gasteiger partial charge in [0.2, 0.25) is 0 Å². The third-order valence-corrected chi connectivity index (χ3v) is 6.69. The molecule has 3 rings (SSSR count). The van der Waals surface area contributed by atoms with E-state index < -0.39 is 15.8 Å². The summed E-state index contributed by atoms with van der Waals surface area (Å²) in [7, 11) is -2.34. The number of azo groups is 1. The van der Waals surface area contributed by atoms with E-state index in [9.17, 15) is 18.3 Å². The Kier molecular flexibility index (Phi) is 7.17. The number of aliphatic hydroxyl groups excluding tert-OH is 1. The number of methoxy groups -OCH3 is 1. The van der Waals surface area contributed by atoms with Crippen LogP contribution in [0.3, 0.4) is 0 Å². The first-order valence-corrected chi connectivity index (χ1v) is 11.4. The maximum atomic E-state index is 12.2. The van der Waals surface area contributed by atoms with E-state index in [0.717, 1.165) is 31.6 Å². The fourth-order valence-electron chi connectivity index (χ4n) is 3.13. The van der Waals surface area contributed by atoms with Gasteiger partial charge in [0, 0.05) is 18.8 Å². The summed E-state index contributed by atoms with van der Waals surface area (Å²) in [5, 5.41) is 18.0. The number of esters is 1. The molecule has 0 radical (unpaired) electrons. The van der Waals surface area contributed by atoms with Crippen LogP contribution in [-0.2, 0) is 19.4 Å². The monoisotopic (exact) mass is 431 g/mol. The summed E-state index contributed by atoms with van der Waals surface area (Å²) in [6.07, 6.45) is 1.16. The number of ether oxygens (including phenoxy) is 1. The van der Waals surface area contributed by atoms with Crippen LogP contribution in [0.2, 0.25) is 0 Å². The van der Waals surface area contributed by atoms with Crippen LogP contribution >= 0.6 is 0 Å². The molecular weight excluding hydrogens is 406 g/mol. The maximum Gasteiger partial charge on any atom is 0.306 e. The Bertz CT molecular complexity index is 980. The van der Waals surface area contributed by atoms with Gasteiger partial charge in [-0.25, -0.2) is 8.42 Å². The summed E-state index contributed by atoms with van der Waals surface area (Å²) in [6, 6.07) is 13.7. The molecule has 0 aliphatic carbocycles. The molecule has 0 amide bonds. The minimum atomic E-state index is -3.56. The van der Waals surface area contributed by atoms with Crippen molar-refractivity contribution in [2.75, 3.05) is 30.9 Å². The molecular formula is C21H25N3O5S. The zero-order chi connectivity index (χ0) is 21.6. The molecule has 1 fully saturated rings. The molecule has 2 aromatic carbocycles. The highest BCUT2D eigenvalue weighted by molar-refractivity contribution is 7.91. The van der Waals surface area contributed by atoms with Crippen LogP contribution in [0.4, 0.5) is 17.1 Å². The van der Waals surface area contributed by atoms with Gasteiger partial charge in [-0.05, 0) is 61.4 Å². The van der Waals surface area contributed by atoms with Gasteiger partial charge in [-0.1, -0.05) is 0 Å². The van der Waals surface area contributed by atoms with Gasteiger partial charge >= 0.3 is 5.97 Å². The highest BCUT2D eigenvalue weighted by Gasteiger charge is 2.17.